The molecule has 0 aliphatic carbocycles. The van der Waals surface area contributed by atoms with Gasteiger partial charge in [0.15, 0.2) is 5.69 Å². The Morgan fingerprint density at radius 1 is 1.50 bits per heavy atom. The minimum atomic E-state index is -0.269. The summed E-state index contributed by atoms with van der Waals surface area (Å²) in [6.07, 6.45) is 1.40. The molecular formula is C12H20N4O2. The van der Waals surface area contributed by atoms with Gasteiger partial charge >= 0.3 is 0 Å². The van der Waals surface area contributed by atoms with E-state index in [1.165, 1.54) is 6.26 Å². The number of carbonyl (C=O) groups is 1. The summed E-state index contributed by atoms with van der Waals surface area (Å²) in [4.78, 5) is 18.1. The third kappa shape index (κ3) is 2.70. The van der Waals surface area contributed by atoms with E-state index in [1.807, 2.05) is 13.8 Å². The monoisotopic (exact) mass is 252 g/mol. The van der Waals surface area contributed by atoms with E-state index in [0.717, 1.165) is 13.1 Å². The Kier molecular flexibility index (Phi) is 3.98. The van der Waals surface area contributed by atoms with Crippen molar-refractivity contribution in [2.45, 2.75) is 19.9 Å². The number of amides is 1. The lowest BCUT2D eigenvalue weighted by Crippen LogP contribution is -2.46. The van der Waals surface area contributed by atoms with Gasteiger partial charge in [-0.15, -0.1) is 0 Å². The highest BCUT2D eigenvalue weighted by Crippen LogP contribution is 2.18. The first kappa shape index (κ1) is 13.0. The van der Waals surface area contributed by atoms with Gasteiger partial charge in [0, 0.05) is 26.2 Å². The predicted octanol–water partition coefficient (Wildman–Crippen LogP) is 0.376. The molecule has 0 aromatic carbocycles. The van der Waals surface area contributed by atoms with Gasteiger partial charge in [-0.2, -0.15) is 0 Å². The van der Waals surface area contributed by atoms with Crippen LogP contribution >= 0.6 is 0 Å². The molecule has 100 valence electrons. The van der Waals surface area contributed by atoms with Gasteiger partial charge in [-0.1, -0.05) is 13.8 Å². The van der Waals surface area contributed by atoms with E-state index < -0.39 is 0 Å². The van der Waals surface area contributed by atoms with Crippen LogP contribution in [0.5, 0.6) is 0 Å². The summed E-state index contributed by atoms with van der Waals surface area (Å²) >= 11 is 0. The number of carbonyl (C=O) groups excluding carboxylic acids is 1. The second-order valence-corrected chi connectivity index (χ2v) is 4.88. The maximum absolute atomic E-state index is 12.1. The first-order valence-electron chi connectivity index (χ1n) is 6.30. The molecule has 1 atom stereocenters. The number of aromatic nitrogens is 1. The highest BCUT2D eigenvalue weighted by Gasteiger charge is 2.23. The van der Waals surface area contributed by atoms with E-state index in [9.17, 15) is 4.79 Å². The van der Waals surface area contributed by atoms with Gasteiger partial charge in [0.1, 0.15) is 6.26 Å². The molecule has 1 saturated heterocycles. The maximum atomic E-state index is 12.1. The lowest BCUT2D eigenvalue weighted by molar-refractivity contribution is 0.0729. The largest absolute Gasteiger partial charge is 0.446 e. The Bertz CT molecular complexity index is 410. The summed E-state index contributed by atoms with van der Waals surface area (Å²) in [6, 6.07) is -0.269. The molecule has 1 fully saturated rings. The minimum Gasteiger partial charge on any atom is -0.446 e. The van der Waals surface area contributed by atoms with Crippen LogP contribution in [0.3, 0.4) is 0 Å². The zero-order valence-electron chi connectivity index (χ0n) is 10.8. The summed E-state index contributed by atoms with van der Waals surface area (Å²) in [7, 11) is 0. The fraction of sp³-hybridized carbons (Fsp3) is 0.667. The Labute approximate surface area is 107 Å². The van der Waals surface area contributed by atoms with E-state index in [0.29, 0.717) is 24.7 Å². The number of nitrogens with zero attached hydrogens (tertiary/aromatic N) is 2. The van der Waals surface area contributed by atoms with Crippen molar-refractivity contribution in [1.82, 2.24) is 15.2 Å². The van der Waals surface area contributed by atoms with E-state index in [-0.39, 0.29) is 17.9 Å². The Hall–Kier alpha value is -1.40. The van der Waals surface area contributed by atoms with Crippen LogP contribution in [-0.4, -0.2) is 42.0 Å². The van der Waals surface area contributed by atoms with Crippen LogP contribution in [0.2, 0.25) is 0 Å². The van der Waals surface area contributed by atoms with Crippen molar-refractivity contribution in [1.29, 1.82) is 0 Å². The predicted molar refractivity (Wildman–Crippen MR) is 67.0 cm³/mol. The lowest BCUT2D eigenvalue weighted by Gasteiger charge is -2.26. The number of hydrogen-bond acceptors (Lipinski definition) is 5. The summed E-state index contributed by atoms with van der Waals surface area (Å²) in [5.41, 5.74) is 6.29. The first-order chi connectivity index (χ1) is 8.59. The molecule has 18 heavy (non-hydrogen) atoms. The molecule has 1 unspecified atom stereocenters. The summed E-state index contributed by atoms with van der Waals surface area (Å²) < 4.78 is 5.30. The van der Waals surface area contributed by atoms with Crippen LogP contribution in [-0.2, 0) is 0 Å². The Morgan fingerprint density at radius 3 is 2.78 bits per heavy atom. The van der Waals surface area contributed by atoms with Crippen molar-refractivity contribution in [3.63, 3.8) is 0 Å². The van der Waals surface area contributed by atoms with Gasteiger partial charge < -0.3 is 20.4 Å². The molecule has 0 bridgehead atoms. The number of oxazole rings is 1. The molecule has 0 spiro atoms. The van der Waals surface area contributed by atoms with Crippen LogP contribution in [0.25, 0.3) is 0 Å². The molecule has 3 N–H and O–H groups in total. The second kappa shape index (κ2) is 5.49. The van der Waals surface area contributed by atoms with Crippen molar-refractivity contribution in [3.05, 3.63) is 17.8 Å². The normalized spacial score (nSPS) is 18.1. The van der Waals surface area contributed by atoms with E-state index in [2.05, 4.69) is 10.3 Å². The van der Waals surface area contributed by atoms with Crippen LogP contribution in [0.15, 0.2) is 10.7 Å². The summed E-state index contributed by atoms with van der Waals surface area (Å²) in [5.74, 6) is 0.580. The molecule has 1 aromatic rings. The maximum Gasteiger partial charge on any atom is 0.275 e. The molecular weight excluding hydrogens is 232 g/mol. The summed E-state index contributed by atoms with van der Waals surface area (Å²) in [5, 5.41) is 3.20. The zero-order chi connectivity index (χ0) is 13.1. The molecule has 6 heteroatoms. The van der Waals surface area contributed by atoms with Gasteiger partial charge in [-0.3, -0.25) is 4.79 Å². The third-order valence-electron chi connectivity index (χ3n) is 3.15. The van der Waals surface area contributed by atoms with Crippen molar-refractivity contribution in [2.75, 3.05) is 26.2 Å². The highest BCUT2D eigenvalue weighted by atomic mass is 16.3. The lowest BCUT2D eigenvalue weighted by atomic mass is 10.1. The second-order valence-electron chi connectivity index (χ2n) is 4.88. The van der Waals surface area contributed by atoms with Crippen LogP contribution in [0, 0.1) is 5.92 Å². The molecule has 0 radical (unpaired) electrons. The van der Waals surface area contributed by atoms with Crippen LogP contribution in [0.4, 0.5) is 0 Å². The van der Waals surface area contributed by atoms with E-state index >= 15 is 0 Å². The first-order valence-corrected chi connectivity index (χ1v) is 6.30. The number of nitrogens with one attached hydrogen (secondary N) is 1. The molecule has 1 aromatic heterocycles. The third-order valence-corrected chi connectivity index (χ3v) is 3.15. The van der Waals surface area contributed by atoms with Crippen molar-refractivity contribution in [3.8, 4) is 0 Å². The van der Waals surface area contributed by atoms with E-state index in [4.69, 9.17) is 10.2 Å². The van der Waals surface area contributed by atoms with Crippen molar-refractivity contribution < 1.29 is 9.21 Å². The van der Waals surface area contributed by atoms with Gasteiger partial charge in [0.25, 0.3) is 5.91 Å². The number of rotatable bonds is 3. The number of piperazine rings is 1. The van der Waals surface area contributed by atoms with Crippen molar-refractivity contribution >= 4 is 5.91 Å². The smallest absolute Gasteiger partial charge is 0.275 e. The molecule has 6 nitrogen and oxygen atoms in total. The molecule has 0 saturated carbocycles. The van der Waals surface area contributed by atoms with Gasteiger partial charge in [-0.05, 0) is 5.92 Å². The molecule has 2 heterocycles. The molecule has 1 aliphatic heterocycles. The SMILES string of the molecule is CC(C)C(N)c1nc(C(=O)N2CCNCC2)co1. The van der Waals surface area contributed by atoms with Crippen molar-refractivity contribution in [2.24, 2.45) is 11.7 Å². The Balaban J connectivity index is 2.07. The fourth-order valence-electron chi connectivity index (χ4n) is 1.85. The van der Waals surface area contributed by atoms with Gasteiger partial charge in [0.2, 0.25) is 5.89 Å². The average molecular weight is 252 g/mol. The average Bonchev–Trinajstić information content (AvgIpc) is 2.87. The van der Waals surface area contributed by atoms with Gasteiger partial charge in [0.05, 0.1) is 6.04 Å². The fourth-order valence-corrected chi connectivity index (χ4v) is 1.85. The number of hydrogen-bond donors (Lipinski definition) is 2. The van der Waals surface area contributed by atoms with Crippen LogP contribution in [0.1, 0.15) is 36.3 Å². The Morgan fingerprint density at radius 2 is 2.17 bits per heavy atom. The standard InChI is InChI=1S/C12H20N4O2/c1-8(2)10(13)11-15-9(7-18-11)12(17)16-5-3-14-4-6-16/h7-8,10,14H,3-6,13H2,1-2H3. The topological polar surface area (TPSA) is 84.4 Å². The highest BCUT2D eigenvalue weighted by molar-refractivity contribution is 5.92. The summed E-state index contributed by atoms with van der Waals surface area (Å²) in [6.45, 7) is 7.04. The molecule has 1 aliphatic rings. The van der Waals surface area contributed by atoms with E-state index in [1.54, 1.807) is 4.90 Å². The van der Waals surface area contributed by atoms with Crippen LogP contribution < -0.4 is 11.1 Å². The van der Waals surface area contributed by atoms with Gasteiger partial charge in [-0.25, -0.2) is 4.98 Å². The quantitative estimate of drug-likeness (QED) is 0.812. The minimum absolute atomic E-state index is 0.0811. The zero-order valence-corrected chi connectivity index (χ0v) is 10.8. The number of nitrogens with two attached hydrogens (primary N) is 1. The molecule has 1 amide bonds. The molecule has 2 rings (SSSR count).